The van der Waals surface area contributed by atoms with Crippen LogP contribution >= 0.6 is 12.4 Å². The molecular formula is C21H28ClN3O2. The summed E-state index contributed by atoms with van der Waals surface area (Å²) in [5.74, 6) is -0.360. The van der Waals surface area contributed by atoms with E-state index in [1.165, 1.54) is 0 Å². The van der Waals surface area contributed by atoms with E-state index in [2.05, 4.69) is 12.2 Å². The largest absolute Gasteiger partial charge is 0.348 e. The molecule has 2 rings (SSSR count). The number of anilines is 1. The highest BCUT2D eigenvalue weighted by atomic mass is 35.5. The average molecular weight is 390 g/mol. The third-order valence-electron chi connectivity index (χ3n) is 4.35. The maximum absolute atomic E-state index is 12.7. The molecule has 5 nitrogen and oxygen atoms in total. The van der Waals surface area contributed by atoms with Crippen LogP contribution in [0.1, 0.15) is 46.9 Å². The first-order valence-electron chi connectivity index (χ1n) is 9.01. The number of hydrogen-bond acceptors (Lipinski definition) is 3. The molecule has 3 N–H and O–H groups in total. The third-order valence-corrected chi connectivity index (χ3v) is 4.35. The van der Waals surface area contributed by atoms with Crippen LogP contribution in [0.15, 0.2) is 54.6 Å². The standard InChI is InChI=1S/C21H27N3O2.ClH/c1-3-4-11-18(15-22)23-20(25)16-9-8-10-17(14-16)21(26)24(2)19-12-6-5-7-13-19;/h5-10,12-14,18H,3-4,11,15,22H2,1-2H3,(H,23,25);1H. The van der Waals surface area contributed by atoms with Gasteiger partial charge in [0.15, 0.2) is 0 Å². The molecule has 146 valence electrons. The summed E-state index contributed by atoms with van der Waals surface area (Å²) in [6.45, 7) is 2.51. The second-order valence-corrected chi connectivity index (χ2v) is 6.33. The highest BCUT2D eigenvalue weighted by Crippen LogP contribution is 2.16. The minimum Gasteiger partial charge on any atom is -0.348 e. The Morgan fingerprint density at radius 2 is 1.74 bits per heavy atom. The molecule has 6 heteroatoms. The van der Waals surface area contributed by atoms with Gasteiger partial charge in [-0.05, 0) is 36.8 Å². The molecule has 0 aromatic heterocycles. The van der Waals surface area contributed by atoms with Crippen LogP contribution in [0.2, 0.25) is 0 Å². The molecule has 0 heterocycles. The van der Waals surface area contributed by atoms with E-state index in [0.29, 0.717) is 17.7 Å². The Hall–Kier alpha value is -2.37. The van der Waals surface area contributed by atoms with E-state index in [1.54, 1.807) is 36.2 Å². The lowest BCUT2D eigenvalue weighted by Gasteiger charge is -2.19. The maximum atomic E-state index is 12.7. The smallest absolute Gasteiger partial charge is 0.258 e. The van der Waals surface area contributed by atoms with Crippen molar-refractivity contribution in [2.24, 2.45) is 5.73 Å². The number of carbonyl (C=O) groups is 2. The van der Waals surface area contributed by atoms with Gasteiger partial charge in [-0.25, -0.2) is 0 Å². The van der Waals surface area contributed by atoms with E-state index in [9.17, 15) is 9.59 Å². The molecular weight excluding hydrogens is 362 g/mol. The summed E-state index contributed by atoms with van der Waals surface area (Å²) in [7, 11) is 1.72. The number of para-hydroxylation sites is 1. The van der Waals surface area contributed by atoms with Crippen LogP contribution in [0.25, 0.3) is 0 Å². The van der Waals surface area contributed by atoms with Gasteiger partial charge in [-0.3, -0.25) is 9.59 Å². The second kappa shape index (κ2) is 11.4. The van der Waals surface area contributed by atoms with Crippen LogP contribution in [-0.4, -0.2) is 31.4 Å². The van der Waals surface area contributed by atoms with Gasteiger partial charge in [0.05, 0.1) is 0 Å². The van der Waals surface area contributed by atoms with E-state index in [4.69, 9.17) is 5.73 Å². The summed E-state index contributed by atoms with van der Waals surface area (Å²) in [5, 5.41) is 2.96. The number of nitrogens with two attached hydrogens (primary N) is 1. The van der Waals surface area contributed by atoms with Crippen molar-refractivity contribution >= 4 is 29.9 Å². The number of amides is 2. The summed E-state index contributed by atoms with van der Waals surface area (Å²) in [4.78, 5) is 26.8. The lowest BCUT2D eigenvalue weighted by Crippen LogP contribution is -2.40. The molecule has 0 saturated heterocycles. The summed E-state index contributed by atoms with van der Waals surface area (Å²) >= 11 is 0. The van der Waals surface area contributed by atoms with Gasteiger partial charge in [0.2, 0.25) is 0 Å². The predicted molar refractivity (Wildman–Crippen MR) is 113 cm³/mol. The fraction of sp³-hybridized carbons (Fsp3) is 0.333. The zero-order valence-corrected chi connectivity index (χ0v) is 16.7. The van der Waals surface area contributed by atoms with E-state index in [-0.39, 0.29) is 30.3 Å². The van der Waals surface area contributed by atoms with Crippen LogP contribution in [-0.2, 0) is 0 Å². The quantitative estimate of drug-likeness (QED) is 0.723. The van der Waals surface area contributed by atoms with Crippen LogP contribution in [0.5, 0.6) is 0 Å². The molecule has 0 aliphatic heterocycles. The van der Waals surface area contributed by atoms with Crippen LogP contribution in [0, 0.1) is 0 Å². The lowest BCUT2D eigenvalue weighted by molar-refractivity contribution is 0.0935. The first kappa shape index (κ1) is 22.7. The van der Waals surface area contributed by atoms with Gasteiger partial charge in [-0.1, -0.05) is 44.0 Å². The van der Waals surface area contributed by atoms with Gasteiger partial charge >= 0.3 is 0 Å². The van der Waals surface area contributed by atoms with E-state index >= 15 is 0 Å². The molecule has 1 atom stereocenters. The highest BCUT2D eigenvalue weighted by molar-refractivity contribution is 6.07. The topological polar surface area (TPSA) is 75.4 Å². The van der Waals surface area contributed by atoms with Crippen molar-refractivity contribution < 1.29 is 9.59 Å². The molecule has 0 aliphatic rings. The fourth-order valence-electron chi connectivity index (χ4n) is 2.72. The van der Waals surface area contributed by atoms with Crippen molar-refractivity contribution in [3.8, 4) is 0 Å². The molecule has 0 fully saturated rings. The average Bonchev–Trinajstić information content (AvgIpc) is 2.70. The Kier molecular flexibility index (Phi) is 9.54. The van der Waals surface area contributed by atoms with Crippen molar-refractivity contribution in [3.05, 3.63) is 65.7 Å². The van der Waals surface area contributed by atoms with E-state index in [0.717, 1.165) is 24.9 Å². The van der Waals surface area contributed by atoms with Crippen LogP contribution in [0.3, 0.4) is 0 Å². The molecule has 2 amide bonds. The van der Waals surface area contributed by atoms with Crippen molar-refractivity contribution in [2.45, 2.75) is 32.2 Å². The predicted octanol–water partition coefficient (Wildman–Crippen LogP) is 3.63. The Morgan fingerprint density at radius 3 is 2.37 bits per heavy atom. The highest BCUT2D eigenvalue weighted by Gasteiger charge is 2.17. The number of nitrogens with one attached hydrogen (secondary N) is 1. The number of hydrogen-bond donors (Lipinski definition) is 2. The molecule has 0 saturated carbocycles. The Balaban J connectivity index is 0.00000364. The number of carbonyl (C=O) groups excluding carboxylic acids is 2. The number of rotatable bonds is 8. The van der Waals surface area contributed by atoms with Gasteiger partial charge in [0, 0.05) is 36.4 Å². The Bertz CT molecular complexity index is 737. The Labute approximate surface area is 167 Å². The number of benzene rings is 2. The van der Waals surface area contributed by atoms with Crippen molar-refractivity contribution in [3.63, 3.8) is 0 Å². The normalized spacial score (nSPS) is 11.2. The molecule has 2 aromatic rings. The van der Waals surface area contributed by atoms with Gasteiger partial charge in [-0.2, -0.15) is 0 Å². The number of nitrogens with zero attached hydrogens (tertiary/aromatic N) is 1. The fourth-order valence-corrected chi connectivity index (χ4v) is 2.72. The summed E-state index contributed by atoms with van der Waals surface area (Å²) in [6.07, 6.45) is 2.93. The minimum atomic E-state index is -0.200. The van der Waals surface area contributed by atoms with Crippen molar-refractivity contribution in [1.82, 2.24) is 5.32 Å². The lowest BCUT2D eigenvalue weighted by atomic mass is 10.1. The monoisotopic (exact) mass is 389 g/mol. The van der Waals surface area contributed by atoms with Crippen molar-refractivity contribution in [1.29, 1.82) is 0 Å². The minimum absolute atomic E-state index is 0. The zero-order chi connectivity index (χ0) is 18.9. The van der Waals surface area contributed by atoms with Gasteiger partial charge in [0.1, 0.15) is 0 Å². The first-order valence-corrected chi connectivity index (χ1v) is 9.01. The van der Waals surface area contributed by atoms with Gasteiger partial charge < -0.3 is 16.0 Å². The molecule has 0 aliphatic carbocycles. The summed E-state index contributed by atoms with van der Waals surface area (Å²) < 4.78 is 0. The zero-order valence-electron chi connectivity index (χ0n) is 15.9. The van der Waals surface area contributed by atoms with E-state index in [1.807, 2.05) is 30.3 Å². The molecule has 0 radical (unpaired) electrons. The second-order valence-electron chi connectivity index (χ2n) is 6.33. The molecule has 27 heavy (non-hydrogen) atoms. The van der Waals surface area contributed by atoms with Crippen LogP contribution < -0.4 is 16.0 Å². The van der Waals surface area contributed by atoms with Gasteiger partial charge in [-0.15, -0.1) is 12.4 Å². The molecule has 0 spiro atoms. The van der Waals surface area contributed by atoms with Crippen LogP contribution in [0.4, 0.5) is 5.69 Å². The summed E-state index contributed by atoms with van der Waals surface area (Å²) in [5.41, 5.74) is 7.49. The molecule has 2 aromatic carbocycles. The summed E-state index contributed by atoms with van der Waals surface area (Å²) in [6, 6.07) is 16.1. The Morgan fingerprint density at radius 1 is 1.07 bits per heavy atom. The SMILES string of the molecule is CCCCC(CN)NC(=O)c1cccc(C(=O)N(C)c2ccccc2)c1.Cl. The maximum Gasteiger partial charge on any atom is 0.258 e. The number of halogens is 1. The van der Waals surface area contributed by atoms with Gasteiger partial charge in [0.25, 0.3) is 11.8 Å². The van der Waals surface area contributed by atoms with Crippen molar-refractivity contribution in [2.75, 3.05) is 18.5 Å². The molecule has 0 bridgehead atoms. The number of unbranched alkanes of at least 4 members (excludes halogenated alkanes) is 1. The van der Waals surface area contributed by atoms with E-state index < -0.39 is 0 Å². The molecule has 1 unspecified atom stereocenters. The third kappa shape index (κ3) is 6.38. The first-order chi connectivity index (χ1) is 12.6.